The number of piperidine rings is 1. The van der Waals surface area contributed by atoms with E-state index in [4.69, 9.17) is 10.5 Å². The average Bonchev–Trinajstić information content (AvgIpc) is 2.18. The van der Waals surface area contributed by atoms with Gasteiger partial charge in [-0.2, -0.15) is 0 Å². The van der Waals surface area contributed by atoms with Crippen LogP contribution in [0.15, 0.2) is 0 Å². The fraction of sp³-hybridized carbons (Fsp3) is 0.909. The molecule has 0 aromatic rings. The Hall–Kier alpha value is -0.610. The summed E-state index contributed by atoms with van der Waals surface area (Å²) in [4.78, 5) is 13.6. The van der Waals surface area contributed by atoms with Crippen molar-refractivity contribution in [2.75, 3.05) is 19.7 Å². The molecular weight excluding hydrogens is 192 g/mol. The van der Waals surface area contributed by atoms with Gasteiger partial charge in [0.15, 0.2) is 0 Å². The maximum atomic E-state index is 11.7. The summed E-state index contributed by atoms with van der Waals surface area (Å²) < 4.78 is 5.35. The smallest absolute Gasteiger partial charge is 0.224 e. The van der Waals surface area contributed by atoms with Crippen LogP contribution >= 0.6 is 0 Å². The number of carbonyl (C=O) groups excluding carboxylic acids is 1. The lowest BCUT2D eigenvalue weighted by molar-refractivity contribution is -0.133. The molecule has 2 N–H and O–H groups in total. The van der Waals surface area contributed by atoms with Gasteiger partial charge in [-0.15, -0.1) is 0 Å². The van der Waals surface area contributed by atoms with E-state index in [9.17, 15) is 4.79 Å². The van der Waals surface area contributed by atoms with Crippen LogP contribution in [0.3, 0.4) is 0 Å². The molecule has 4 nitrogen and oxygen atoms in total. The summed E-state index contributed by atoms with van der Waals surface area (Å²) in [6, 6.07) is 0.279. The van der Waals surface area contributed by atoms with E-state index in [-0.39, 0.29) is 18.1 Å². The number of amides is 1. The van der Waals surface area contributed by atoms with Gasteiger partial charge in [0.2, 0.25) is 5.91 Å². The van der Waals surface area contributed by atoms with Gasteiger partial charge < -0.3 is 15.4 Å². The molecule has 0 saturated carbocycles. The predicted molar refractivity (Wildman–Crippen MR) is 59.5 cm³/mol. The first-order valence-electron chi connectivity index (χ1n) is 5.74. The molecule has 88 valence electrons. The second-order valence-electron chi connectivity index (χ2n) is 4.39. The molecule has 1 heterocycles. The van der Waals surface area contributed by atoms with E-state index < -0.39 is 0 Å². The topological polar surface area (TPSA) is 55.6 Å². The Kier molecular flexibility index (Phi) is 5.05. The van der Waals surface area contributed by atoms with Crippen LogP contribution in [-0.2, 0) is 9.53 Å². The van der Waals surface area contributed by atoms with Crippen molar-refractivity contribution in [2.45, 2.75) is 45.3 Å². The van der Waals surface area contributed by atoms with E-state index in [0.717, 1.165) is 25.9 Å². The monoisotopic (exact) mass is 214 g/mol. The molecule has 0 unspecified atom stereocenters. The van der Waals surface area contributed by atoms with E-state index in [0.29, 0.717) is 13.0 Å². The fourth-order valence-electron chi connectivity index (χ4n) is 1.69. The van der Waals surface area contributed by atoms with Crippen LogP contribution in [0.25, 0.3) is 0 Å². The Morgan fingerprint density at radius 2 is 2.07 bits per heavy atom. The summed E-state index contributed by atoms with van der Waals surface area (Å²) in [5.41, 5.74) is 5.77. The van der Waals surface area contributed by atoms with Crippen LogP contribution in [-0.4, -0.2) is 42.6 Å². The Morgan fingerprint density at radius 3 is 2.60 bits per heavy atom. The minimum absolute atomic E-state index is 0.197. The Morgan fingerprint density at radius 1 is 1.47 bits per heavy atom. The maximum absolute atomic E-state index is 11.7. The van der Waals surface area contributed by atoms with E-state index in [2.05, 4.69) is 0 Å². The Bertz CT molecular complexity index is 199. The van der Waals surface area contributed by atoms with Crippen molar-refractivity contribution in [3.63, 3.8) is 0 Å². The zero-order valence-electron chi connectivity index (χ0n) is 9.74. The molecule has 0 radical (unpaired) electrons. The SMILES string of the molecule is CC(C)OCCC(=O)N1CCC(N)CC1. The van der Waals surface area contributed by atoms with Gasteiger partial charge in [0.25, 0.3) is 0 Å². The number of rotatable bonds is 4. The molecule has 1 saturated heterocycles. The first-order valence-corrected chi connectivity index (χ1v) is 5.74. The highest BCUT2D eigenvalue weighted by Gasteiger charge is 2.19. The Labute approximate surface area is 91.8 Å². The van der Waals surface area contributed by atoms with Gasteiger partial charge in [0.05, 0.1) is 19.1 Å². The first-order chi connectivity index (χ1) is 7.09. The molecule has 1 rings (SSSR count). The minimum Gasteiger partial charge on any atom is -0.378 e. The van der Waals surface area contributed by atoms with E-state index >= 15 is 0 Å². The standard InChI is InChI=1S/C11H22N2O2/c1-9(2)15-8-5-11(14)13-6-3-10(12)4-7-13/h9-10H,3-8,12H2,1-2H3. The zero-order chi connectivity index (χ0) is 11.3. The number of ether oxygens (including phenoxy) is 1. The summed E-state index contributed by atoms with van der Waals surface area (Å²) in [6.45, 7) is 6.09. The number of hydrogen-bond donors (Lipinski definition) is 1. The minimum atomic E-state index is 0.197. The number of nitrogens with two attached hydrogens (primary N) is 1. The quantitative estimate of drug-likeness (QED) is 0.751. The van der Waals surface area contributed by atoms with Crippen molar-refractivity contribution in [3.8, 4) is 0 Å². The lowest BCUT2D eigenvalue weighted by Crippen LogP contribution is -2.43. The third kappa shape index (κ3) is 4.62. The molecule has 1 aliphatic heterocycles. The largest absolute Gasteiger partial charge is 0.378 e. The van der Waals surface area contributed by atoms with Crippen molar-refractivity contribution in [1.82, 2.24) is 4.90 Å². The number of hydrogen-bond acceptors (Lipinski definition) is 3. The molecule has 0 aromatic carbocycles. The normalized spacial score (nSPS) is 18.5. The third-order valence-corrected chi connectivity index (χ3v) is 2.66. The highest BCUT2D eigenvalue weighted by atomic mass is 16.5. The van der Waals surface area contributed by atoms with Crippen molar-refractivity contribution in [3.05, 3.63) is 0 Å². The number of likely N-dealkylation sites (tertiary alicyclic amines) is 1. The molecule has 0 aliphatic carbocycles. The van der Waals surface area contributed by atoms with Gasteiger partial charge in [0, 0.05) is 19.1 Å². The van der Waals surface area contributed by atoms with Crippen LogP contribution in [0, 0.1) is 0 Å². The molecule has 4 heteroatoms. The fourth-order valence-corrected chi connectivity index (χ4v) is 1.69. The van der Waals surface area contributed by atoms with Gasteiger partial charge in [-0.05, 0) is 26.7 Å². The van der Waals surface area contributed by atoms with Gasteiger partial charge in [0.1, 0.15) is 0 Å². The van der Waals surface area contributed by atoms with Crippen LogP contribution in [0.4, 0.5) is 0 Å². The molecule has 1 aliphatic rings. The van der Waals surface area contributed by atoms with Crippen molar-refractivity contribution >= 4 is 5.91 Å². The third-order valence-electron chi connectivity index (χ3n) is 2.66. The maximum Gasteiger partial charge on any atom is 0.224 e. The van der Waals surface area contributed by atoms with E-state index in [1.807, 2.05) is 18.7 Å². The second-order valence-corrected chi connectivity index (χ2v) is 4.39. The van der Waals surface area contributed by atoms with E-state index in [1.165, 1.54) is 0 Å². The highest BCUT2D eigenvalue weighted by Crippen LogP contribution is 2.09. The van der Waals surface area contributed by atoms with Crippen LogP contribution in [0.1, 0.15) is 33.1 Å². The molecular formula is C11H22N2O2. The molecule has 0 atom stereocenters. The second kappa shape index (κ2) is 6.08. The van der Waals surface area contributed by atoms with Crippen molar-refractivity contribution < 1.29 is 9.53 Å². The predicted octanol–water partition coefficient (Wildman–Crippen LogP) is 0.751. The summed E-state index contributed by atoms with van der Waals surface area (Å²) >= 11 is 0. The summed E-state index contributed by atoms with van der Waals surface area (Å²) in [5, 5.41) is 0. The molecule has 0 bridgehead atoms. The molecule has 1 fully saturated rings. The highest BCUT2D eigenvalue weighted by molar-refractivity contribution is 5.76. The summed E-state index contributed by atoms with van der Waals surface area (Å²) in [7, 11) is 0. The van der Waals surface area contributed by atoms with Crippen LogP contribution in [0.2, 0.25) is 0 Å². The van der Waals surface area contributed by atoms with E-state index in [1.54, 1.807) is 0 Å². The molecule has 15 heavy (non-hydrogen) atoms. The molecule has 0 spiro atoms. The Balaban J connectivity index is 2.17. The van der Waals surface area contributed by atoms with Crippen molar-refractivity contribution in [2.24, 2.45) is 5.73 Å². The van der Waals surface area contributed by atoms with Crippen LogP contribution < -0.4 is 5.73 Å². The summed E-state index contributed by atoms with van der Waals surface area (Å²) in [6.07, 6.45) is 2.55. The van der Waals surface area contributed by atoms with Gasteiger partial charge in [-0.1, -0.05) is 0 Å². The summed E-state index contributed by atoms with van der Waals surface area (Å²) in [5.74, 6) is 0.197. The first kappa shape index (κ1) is 12.5. The van der Waals surface area contributed by atoms with Gasteiger partial charge >= 0.3 is 0 Å². The zero-order valence-corrected chi connectivity index (χ0v) is 9.74. The van der Waals surface area contributed by atoms with Crippen molar-refractivity contribution in [1.29, 1.82) is 0 Å². The lowest BCUT2D eigenvalue weighted by atomic mass is 10.1. The van der Waals surface area contributed by atoms with Crippen LogP contribution in [0.5, 0.6) is 0 Å². The van der Waals surface area contributed by atoms with Gasteiger partial charge in [-0.3, -0.25) is 4.79 Å². The molecule has 0 aromatic heterocycles. The number of nitrogens with zero attached hydrogens (tertiary/aromatic N) is 1. The van der Waals surface area contributed by atoms with Gasteiger partial charge in [-0.25, -0.2) is 0 Å². The average molecular weight is 214 g/mol. The lowest BCUT2D eigenvalue weighted by Gasteiger charge is -2.30. The molecule has 1 amide bonds. The number of carbonyl (C=O) groups is 1.